The van der Waals surface area contributed by atoms with Gasteiger partial charge in [-0.1, -0.05) is 5.21 Å². The molecule has 0 saturated carbocycles. The molecule has 4 N–H and O–H groups in total. The maximum absolute atomic E-state index is 11.8. The van der Waals surface area contributed by atoms with Gasteiger partial charge >= 0.3 is 0 Å². The SMILES string of the molecule is CN(C)C(=O)c1ccc(NCc2nn[nH]n2)c(N)c1. The third-order valence-corrected chi connectivity index (χ3v) is 2.53. The number of hydrogen-bond donors (Lipinski definition) is 3. The van der Waals surface area contributed by atoms with Crippen molar-refractivity contribution in [2.24, 2.45) is 0 Å². The number of H-pyrrole nitrogens is 1. The zero-order valence-electron chi connectivity index (χ0n) is 10.7. The number of carbonyl (C=O) groups is 1. The molecule has 8 heteroatoms. The Balaban J connectivity index is 2.09. The molecular weight excluding hydrogens is 246 g/mol. The molecule has 2 rings (SSSR count). The van der Waals surface area contributed by atoms with Crippen molar-refractivity contribution in [3.8, 4) is 0 Å². The van der Waals surface area contributed by atoms with Crippen LogP contribution in [0.15, 0.2) is 18.2 Å². The number of tetrazole rings is 1. The third-order valence-electron chi connectivity index (χ3n) is 2.53. The van der Waals surface area contributed by atoms with E-state index in [2.05, 4.69) is 25.9 Å². The summed E-state index contributed by atoms with van der Waals surface area (Å²) in [7, 11) is 3.39. The fourth-order valence-electron chi connectivity index (χ4n) is 1.55. The van der Waals surface area contributed by atoms with Gasteiger partial charge in [0.15, 0.2) is 5.82 Å². The van der Waals surface area contributed by atoms with Crippen LogP contribution in [0.2, 0.25) is 0 Å². The topological polar surface area (TPSA) is 113 Å². The van der Waals surface area contributed by atoms with E-state index in [0.717, 1.165) is 5.69 Å². The molecule has 0 unspecified atom stereocenters. The number of aromatic amines is 1. The number of benzene rings is 1. The van der Waals surface area contributed by atoms with Crippen molar-refractivity contribution < 1.29 is 4.79 Å². The number of nitrogen functional groups attached to an aromatic ring is 1. The van der Waals surface area contributed by atoms with Gasteiger partial charge in [-0.25, -0.2) is 0 Å². The van der Waals surface area contributed by atoms with Crippen molar-refractivity contribution in [1.82, 2.24) is 25.5 Å². The minimum Gasteiger partial charge on any atom is -0.397 e. The maximum atomic E-state index is 11.8. The average molecular weight is 261 g/mol. The predicted molar refractivity (Wildman–Crippen MR) is 70.4 cm³/mol. The van der Waals surface area contributed by atoms with Crippen LogP contribution in [0, 0.1) is 0 Å². The average Bonchev–Trinajstić information content (AvgIpc) is 2.89. The number of carbonyl (C=O) groups excluding carboxylic acids is 1. The van der Waals surface area contributed by atoms with Crippen molar-refractivity contribution >= 4 is 17.3 Å². The molecule has 2 aromatic rings. The van der Waals surface area contributed by atoms with E-state index < -0.39 is 0 Å². The van der Waals surface area contributed by atoms with Crippen LogP contribution in [0.25, 0.3) is 0 Å². The maximum Gasteiger partial charge on any atom is 0.253 e. The highest BCUT2D eigenvalue weighted by Crippen LogP contribution is 2.20. The number of nitrogens with two attached hydrogens (primary N) is 1. The summed E-state index contributed by atoms with van der Waals surface area (Å²) < 4.78 is 0. The molecule has 0 saturated heterocycles. The minimum absolute atomic E-state index is 0.0867. The summed E-state index contributed by atoms with van der Waals surface area (Å²) in [5, 5.41) is 16.5. The van der Waals surface area contributed by atoms with Gasteiger partial charge < -0.3 is 16.0 Å². The van der Waals surface area contributed by atoms with E-state index in [1.165, 1.54) is 4.90 Å². The highest BCUT2D eigenvalue weighted by atomic mass is 16.2. The van der Waals surface area contributed by atoms with E-state index >= 15 is 0 Å². The van der Waals surface area contributed by atoms with Crippen LogP contribution in [-0.4, -0.2) is 45.5 Å². The molecule has 1 aromatic heterocycles. The Morgan fingerprint density at radius 2 is 2.26 bits per heavy atom. The quantitative estimate of drug-likeness (QED) is 0.672. The lowest BCUT2D eigenvalue weighted by Gasteiger charge is -2.12. The molecule has 0 atom stereocenters. The molecule has 0 radical (unpaired) electrons. The van der Waals surface area contributed by atoms with Crippen LogP contribution in [0.1, 0.15) is 16.2 Å². The highest BCUT2D eigenvalue weighted by molar-refractivity contribution is 5.95. The van der Waals surface area contributed by atoms with Crippen LogP contribution >= 0.6 is 0 Å². The molecule has 1 amide bonds. The van der Waals surface area contributed by atoms with E-state index in [0.29, 0.717) is 23.6 Å². The lowest BCUT2D eigenvalue weighted by atomic mass is 10.1. The van der Waals surface area contributed by atoms with E-state index in [1.54, 1.807) is 32.3 Å². The van der Waals surface area contributed by atoms with Gasteiger partial charge in [0.05, 0.1) is 17.9 Å². The Labute approximate surface area is 110 Å². The fraction of sp³-hybridized carbons (Fsp3) is 0.273. The van der Waals surface area contributed by atoms with Gasteiger partial charge in [-0.2, -0.15) is 5.21 Å². The molecule has 0 aliphatic heterocycles. The standard InChI is InChI=1S/C11H15N7O/c1-18(2)11(19)7-3-4-9(8(12)5-7)13-6-10-14-16-17-15-10/h3-5,13H,6,12H2,1-2H3,(H,14,15,16,17). The Kier molecular flexibility index (Phi) is 3.60. The van der Waals surface area contributed by atoms with E-state index in [4.69, 9.17) is 5.73 Å². The Hall–Kier alpha value is -2.64. The molecule has 0 spiro atoms. The molecule has 0 aliphatic carbocycles. The number of hydrogen-bond acceptors (Lipinski definition) is 6. The summed E-state index contributed by atoms with van der Waals surface area (Å²) in [6.07, 6.45) is 0. The van der Waals surface area contributed by atoms with Gasteiger partial charge in [0.1, 0.15) is 0 Å². The molecule has 1 heterocycles. The number of nitrogens with one attached hydrogen (secondary N) is 2. The summed E-state index contributed by atoms with van der Waals surface area (Å²) in [4.78, 5) is 13.3. The minimum atomic E-state index is -0.0867. The third kappa shape index (κ3) is 2.97. The van der Waals surface area contributed by atoms with Gasteiger partial charge in [-0.15, -0.1) is 10.2 Å². The molecular formula is C11H15N7O. The lowest BCUT2D eigenvalue weighted by Crippen LogP contribution is -2.21. The second-order valence-corrected chi connectivity index (χ2v) is 4.18. The van der Waals surface area contributed by atoms with Gasteiger partial charge in [-0.05, 0) is 18.2 Å². The Morgan fingerprint density at radius 1 is 1.47 bits per heavy atom. The van der Waals surface area contributed by atoms with Crippen LogP contribution in [0.4, 0.5) is 11.4 Å². The van der Waals surface area contributed by atoms with E-state index in [9.17, 15) is 4.79 Å². The Bertz CT molecular complexity index is 564. The summed E-state index contributed by atoms with van der Waals surface area (Å²) in [6, 6.07) is 5.12. The first-order chi connectivity index (χ1) is 9.08. The summed E-state index contributed by atoms with van der Waals surface area (Å²) >= 11 is 0. The first-order valence-electron chi connectivity index (χ1n) is 5.65. The van der Waals surface area contributed by atoms with E-state index in [1.807, 2.05) is 0 Å². The molecule has 0 bridgehead atoms. The van der Waals surface area contributed by atoms with Crippen molar-refractivity contribution in [3.05, 3.63) is 29.6 Å². The van der Waals surface area contributed by atoms with Crippen molar-refractivity contribution in [2.75, 3.05) is 25.1 Å². The molecule has 8 nitrogen and oxygen atoms in total. The second kappa shape index (κ2) is 5.34. The Morgan fingerprint density at radius 3 is 2.84 bits per heavy atom. The van der Waals surface area contributed by atoms with Gasteiger partial charge in [0, 0.05) is 19.7 Å². The van der Waals surface area contributed by atoms with Crippen molar-refractivity contribution in [2.45, 2.75) is 6.54 Å². The zero-order chi connectivity index (χ0) is 13.8. The molecule has 19 heavy (non-hydrogen) atoms. The van der Waals surface area contributed by atoms with Gasteiger partial charge in [0.25, 0.3) is 5.91 Å². The molecule has 100 valence electrons. The second-order valence-electron chi connectivity index (χ2n) is 4.18. The predicted octanol–water partition coefficient (Wildman–Crippen LogP) is 0.0958. The number of rotatable bonds is 4. The summed E-state index contributed by atoms with van der Waals surface area (Å²) in [5.41, 5.74) is 7.67. The summed E-state index contributed by atoms with van der Waals surface area (Å²) in [6.45, 7) is 0.404. The molecule has 1 aromatic carbocycles. The normalized spacial score (nSPS) is 10.2. The van der Waals surface area contributed by atoms with Gasteiger partial charge in [-0.3, -0.25) is 4.79 Å². The highest BCUT2D eigenvalue weighted by Gasteiger charge is 2.10. The molecule has 0 fully saturated rings. The largest absolute Gasteiger partial charge is 0.397 e. The first kappa shape index (κ1) is 12.8. The number of amides is 1. The summed E-state index contributed by atoms with van der Waals surface area (Å²) in [5.74, 6) is 0.448. The number of nitrogens with zero attached hydrogens (tertiary/aromatic N) is 4. The number of anilines is 2. The van der Waals surface area contributed by atoms with Crippen LogP contribution in [0.5, 0.6) is 0 Å². The van der Waals surface area contributed by atoms with Crippen LogP contribution in [0.3, 0.4) is 0 Å². The fourth-order valence-corrected chi connectivity index (χ4v) is 1.55. The van der Waals surface area contributed by atoms with Crippen molar-refractivity contribution in [3.63, 3.8) is 0 Å². The van der Waals surface area contributed by atoms with Crippen LogP contribution in [-0.2, 0) is 6.54 Å². The van der Waals surface area contributed by atoms with Crippen LogP contribution < -0.4 is 11.1 Å². The van der Waals surface area contributed by atoms with Crippen molar-refractivity contribution in [1.29, 1.82) is 0 Å². The zero-order valence-corrected chi connectivity index (χ0v) is 10.7. The smallest absolute Gasteiger partial charge is 0.253 e. The monoisotopic (exact) mass is 261 g/mol. The van der Waals surface area contributed by atoms with Gasteiger partial charge in [0.2, 0.25) is 0 Å². The molecule has 0 aliphatic rings. The van der Waals surface area contributed by atoms with E-state index in [-0.39, 0.29) is 5.91 Å². The lowest BCUT2D eigenvalue weighted by molar-refractivity contribution is 0.0827. The number of aromatic nitrogens is 4. The first-order valence-corrected chi connectivity index (χ1v) is 5.65.